The molecule has 0 aliphatic heterocycles. The van der Waals surface area contributed by atoms with Crippen molar-refractivity contribution < 1.29 is 5.11 Å². The first kappa shape index (κ1) is 13.2. The summed E-state index contributed by atoms with van der Waals surface area (Å²) in [4.78, 5) is 4.63. The maximum atomic E-state index is 9.61. The highest BCUT2D eigenvalue weighted by molar-refractivity contribution is 7.10. The van der Waals surface area contributed by atoms with Gasteiger partial charge in [0.2, 0.25) is 0 Å². The van der Waals surface area contributed by atoms with Crippen molar-refractivity contribution in [2.24, 2.45) is 0 Å². The van der Waals surface area contributed by atoms with Crippen LogP contribution in [0.2, 0.25) is 5.02 Å². The van der Waals surface area contributed by atoms with Crippen molar-refractivity contribution in [3.8, 4) is 17.0 Å². The van der Waals surface area contributed by atoms with E-state index >= 15 is 0 Å². The molecular formula is C16H12ClNOS. The molecule has 100 valence electrons. The first-order valence-electron chi connectivity index (χ1n) is 6.19. The van der Waals surface area contributed by atoms with Crippen LogP contribution in [-0.4, -0.2) is 10.1 Å². The zero-order chi connectivity index (χ0) is 13.9. The van der Waals surface area contributed by atoms with Crippen molar-refractivity contribution in [1.29, 1.82) is 0 Å². The van der Waals surface area contributed by atoms with E-state index in [0.717, 1.165) is 21.8 Å². The van der Waals surface area contributed by atoms with Gasteiger partial charge in [-0.3, -0.25) is 0 Å². The van der Waals surface area contributed by atoms with E-state index in [4.69, 9.17) is 11.6 Å². The molecule has 0 aliphatic carbocycles. The van der Waals surface area contributed by atoms with E-state index in [1.165, 1.54) is 0 Å². The van der Waals surface area contributed by atoms with Crippen LogP contribution in [0.5, 0.6) is 5.75 Å². The van der Waals surface area contributed by atoms with Crippen LogP contribution >= 0.6 is 22.9 Å². The van der Waals surface area contributed by atoms with Gasteiger partial charge in [-0.05, 0) is 17.7 Å². The SMILES string of the molecule is Oc1cc(Cc2nc(-c3ccccc3)cs2)ccc1Cl. The molecule has 0 fully saturated rings. The van der Waals surface area contributed by atoms with Gasteiger partial charge in [0, 0.05) is 17.4 Å². The van der Waals surface area contributed by atoms with E-state index in [1.54, 1.807) is 23.5 Å². The smallest absolute Gasteiger partial charge is 0.134 e. The number of thiazole rings is 1. The van der Waals surface area contributed by atoms with Crippen LogP contribution in [0.15, 0.2) is 53.9 Å². The minimum absolute atomic E-state index is 0.115. The van der Waals surface area contributed by atoms with Crippen molar-refractivity contribution >= 4 is 22.9 Å². The lowest BCUT2D eigenvalue weighted by atomic mass is 10.1. The number of hydrogen-bond donors (Lipinski definition) is 1. The second kappa shape index (κ2) is 5.65. The molecule has 0 bridgehead atoms. The highest BCUT2D eigenvalue weighted by Crippen LogP contribution is 2.27. The summed E-state index contributed by atoms with van der Waals surface area (Å²) in [5, 5.41) is 13.1. The van der Waals surface area contributed by atoms with Gasteiger partial charge in [-0.25, -0.2) is 4.98 Å². The number of phenols is 1. The number of nitrogens with zero attached hydrogens (tertiary/aromatic N) is 1. The Morgan fingerprint density at radius 2 is 1.90 bits per heavy atom. The highest BCUT2D eigenvalue weighted by atomic mass is 35.5. The zero-order valence-electron chi connectivity index (χ0n) is 10.6. The molecule has 2 nitrogen and oxygen atoms in total. The maximum Gasteiger partial charge on any atom is 0.134 e. The summed E-state index contributed by atoms with van der Waals surface area (Å²) in [6.45, 7) is 0. The Morgan fingerprint density at radius 3 is 2.65 bits per heavy atom. The molecule has 20 heavy (non-hydrogen) atoms. The molecule has 1 aromatic heterocycles. The number of halogens is 1. The van der Waals surface area contributed by atoms with Gasteiger partial charge in [-0.2, -0.15) is 0 Å². The predicted molar refractivity (Wildman–Crippen MR) is 83.5 cm³/mol. The lowest BCUT2D eigenvalue weighted by molar-refractivity contribution is 0.475. The van der Waals surface area contributed by atoms with Crippen LogP contribution in [0.3, 0.4) is 0 Å². The Kier molecular flexibility index (Phi) is 3.72. The highest BCUT2D eigenvalue weighted by Gasteiger charge is 2.06. The molecule has 1 heterocycles. The van der Waals surface area contributed by atoms with Gasteiger partial charge in [-0.1, -0.05) is 48.0 Å². The van der Waals surface area contributed by atoms with Gasteiger partial charge in [0.1, 0.15) is 5.75 Å². The van der Waals surface area contributed by atoms with Gasteiger partial charge in [-0.15, -0.1) is 11.3 Å². The third kappa shape index (κ3) is 2.84. The molecule has 0 saturated carbocycles. The summed E-state index contributed by atoms with van der Waals surface area (Å²) >= 11 is 7.43. The average molecular weight is 302 g/mol. The van der Waals surface area contributed by atoms with Crippen LogP contribution in [0.25, 0.3) is 11.3 Å². The van der Waals surface area contributed by atoms with Gasteiger partial charge >= 0.3 is 0 Å². The summed E-state index contributed by atoms with van der Waals surface area (Å²) in [6.07, 6.45) is 0.697. The molecule has 0 saturated heterocycles. The lowest BCUT2D eigenvalue weighted by Gasteiger charge is -2.01. The molecular weight excluding hydrogens is 290 g/mol. The minimum Gasteiger partial charge on any atom is -0.506 e. The van der Waals surface area contributed by atoms with Gasteiger partial charge in [0.05, 0.1) is 15.7 Å². The number of phenolic OH excluding ortho intramolecular Hbond substituents is 1. The Hall–Kier alpha value is -1.84. The number of benzene rings is 2. The molecule has 0 aliphatic rings. The molecule has 3 aromatic rings. The largest absolute Gasteiger partial charge is 0.506 e. The van der Waals surface area contributed by atoms with Crippen molar-refractivity contribution in [1.82, 2.24) is 4.98 Å². The first-order valence-corrected chi connectivity index (χ1v) is 7.45. The zero-order valence-corrected chi connectivity index (χ0v) is 12.2. The summed E-state index contributed by atoms with van der Waals surface area (Å²) in [6, 6.07) is 15.4. The number of rotatable bonds is 3. The Morgan fingerprint density at radius 1 is 1.10 bits per heavy atom. The quantitative estimate of drug-likeness (QED) is 0.756. The predicted octanol–water partition coefficient (Wildman–Crippen LogP) is 4.76. The lowest BCUT2D eigenvalue weighted by Crippen LogP contribution is -1.87. The van der Waals surface area contributed by atoms with Crippen molar-refractivity contribution in [2.75, 3.05) is 0 Å². The van der Waals surface area contributed by atoms with E-state index in [0.29, 0.717) is 11.4 Å². The number of hydrogen-bond acceptors (Lipinski definition) is 3. The van der Waals surface area contributed by atoms with Crippen LogP contribution in [-0.2, 0) is 6.42 Å². The molecule has 2 aromatic carbocycles. The number of aromatic hydroxyl groups is 1. The topological polar surface area (TPSA) is 33.1 Å². The van der Waals surface area contributed by atoms with E-state index in [-0.39, 0.29) is 5.75 Å². The summed E-state index contributed by atoms with van der Waals surface area (Å²) in [7, 11) is 0. The van der Waals surface area contributed by atoms with Crippen LogP contribution in [0.1, 0.15) is 10.6 Å². The van der Waals surface area contributed by atoms with Crippen molar-refractivity contribution in [3.63, 3.8) is 0 Å². The summed E-state index contributed by atoms with van der Waals surface area (Å²) < 4.78 is 0. The Labute approximate surface area is 126 Å². The fraction of sp³-hybridized carbons (Fsp3) is 0.0625. The standard InChI is InChI=1S/C16H12ClNOS/c17-13-7-6-11(8-15(13)19)9-16-18-14(10-20-16)12-4-2-1-3-5-12/h1-8,10,19H,9H2. The van der Waals surface area contributed by atoms with Gasteiger partial charge in [0.15, 0.2) is 0 Å². The van der Waals surface area contributed by atoms with E-state index in [1.807, 2.05) is 36.4 Å². The maximum absolute atomic E-state index is 9.61. The summed E-state index contributed by atoms with van der Waals surface area (Å²) in [5.41, 5.74) is 3.11. The second-order valence-corrected chi connectivity index (χ2v) is 5.80. The van der Waals surface area contributed by atoms with Crippen molar-refractivity contribution in [2.45, 2.75) is 6.42 Å². The third-order valence-electron chi connectivity index (χ3n) is 2.99. The van der Waals surface area contributed by atoms with Gasteiger partial charge < -0.3 is 5.11 Å². The molecule has 3 rings (SSSR count). The second-order valence-electron chi connectivity index (χ2n) is 4.46. The van der Waals surface area contributed by atoms with Gasteiger partial charge in [0.25, 0.3) is 0 Å². The van der Waals surface area contributed by atoms with Crippen molar-refractivity contribution in [3.05, 3.63) is 69.5 Å². The summed E-state index contributed by atoms with van der Waals surface area (Å²) in [5.74, 6) is 0.115. The fourth-order valence-electron chi connectivity index (χ4n) is 1.98. The third-order valence-corrected chi connectivity index (χ3v) is 4.16. The first-order chi connectivity index (χ1) is 9.72. The molecule has 1 N–H and O–H groups in total. The molecule has 0 unspecified atom stereocenters. The van der Waals surface area contributed by atoms with E-state index < -0.39 is 0 Å². The normalized spacial score (nSPS) is 10.7. The Bertz CT molecular complexity index is 724. The average Bonchev–Trinajstić information content (AvgIpc) is 2.92. The Balaban J connectivity index is 1.82. The molecule has 0 amide bonds. The molecule has 0 atom stereocenters. The van der Waals surface area contributed by atoms with Crippen LogP contribution < -0.4 is 0 Å². The molecule has 4 heteroatoms. The van der Waals surface area contributed by atoms with E-state index in [2.05, 4.69) is 10.4 Å². The number of aromatic nitrogens is 1. The molecule has 0 radical (unpaired) electrons. The van der Waals surface area contributed by atoms with Crippen LogP contribution in [0.4, 0.5) is 0 Å². The fourth-order valence-corrected chi connectivity index (χ4v) is 2.93. The minimum atomic E-state index is 0.115. The van der Waals surface area contributed by atoms with E-state index in [9.17, 15) is 5.11 Å². The van der Waals surface area contributed by atoms with Crippen LogP contribution in [0, 0.1) is 0 Å². The molecule has 0 spiro atoms. The monoisotopic (exact) mass is 301 g/mol.